The van der Waals surface area contributed by atoms with E-state index in [1.54, 1.807) is 42.5 Å². The van der Waals surface area contributed by atoms with Gasteiger partial charge < -0.3 is 5.11 Å². The Morgan fingerprint density at radius 3 is 2.03 bits per heavy atom. The summed E-state index contributed by atoms with van der Waals surface area (Å²) in [5.74, 6) is -3.81. The summed E-state index contributed by atoms with van der Waals surface area (Å²) >= 11 is 0. The SMILES string of the molecule is O=C(O)CN1C(=O)C(N2C(=O)c3ccccc3C2=O)CCC(=O)N1Cc1ccccc1. The molecule has 1 N–H and O–H groups in total. The van der Waals surface area contributed by atoms with Crippen molar-refractivity contribution in [2.45, 2.75) is 25.4 Å². The molecule has 4 rings (SSSR count). The third-order valence-electron chi connectivity index (χ3n) is 5.35. The third kappa shape index (κ3) is 3.65. The van der Waals surface area contributed by atoms with E-state index in [2.05, 4.69) is 0 Å². The molecular weight excluding hydrogens is 402 g/mol. The van der Waals surface area contributed by atoms with Crippen LogP contribution in [0.5, 0.6) is 0 Å². The van der Waals surface area contributed by atoms with Crippen LogP contribution in [-0.2, 0) is 20.9 Å². The molecule has 31 heavy (non-hydrogen) atoms. The molecule has 0 radical (unpaired) electrons. The highest BCUT2D eigenvalue weighted by molar-refractivity contribution is 6.23. The number of hydrazine groups is 1. The van der Waals surface area contributed by atoms with E-state index in [9.17, 15) is 29.1 Å². The van der Waals surface area contributed by atoms with Gasteiger partial charge in [0.15, 0.2) is 0 Å². The Kier molecular flexibility index (Phi) is 5.24. The fraction of sp³-hybridized carbons (Fsp3) is 0.227. The number of carboxylic acids is 1. The summed E-state index contributed by atoms with van der Waals surface area (Å²) < 4.78 is 0. The number of carbonyl (C=O) groups is 5. The Morgan fingerprint density at radius 2 is 1.45 bits per heavy atom. The van der Waals surface area contributed by atoms with Crippen molar-refractivity contribution in [1.82, 2.24) is 14.9 Å². The first-order chi connectivity index (χ1) is 14.9. The summed E-state index contributed by atoms with van der Waals surface area (Å²) in [7, 11) is 0. The van der Waals surface area contributed by atoms with Crippen molar-refractivity contribution in [2.24, 2.45) is 0 Å². The number of nitrogens with zero attached hydrogens (tertiary/aromatic N) is 3. The molecule has 0 aliphatic carbocycles. The van der Waals surface area contributed by atoms with Crippen LogP contribution in [0, 0.1) is 0 Å². The number of hydrogen-bond donors (Lipinski definition) is 1. The summed E-state index contributed by atoms with van der Waals surface area (Å²) in [6.45, 7) is -0.773. The van der Waals surface area contributed by atoms with E-state index in [4.69, 9.17) is 0 Å². The van der Waals surface area contributed by atoms with E-state index in [-0.39, 0.29) is 30.5 Å². The van der Waals surface area contributed by atoms with Crippen LogP contribution in [0.4, 0.5) is 0 Å². The van der Waals surface area contributed by atoms with Crippen molar-refractivity contribution < 1.29 is 29.1 Å². The maximum absolute atomic E-state index is 13.4. The monoisotopic (exact) mass is 421 g/mol. The Bertz CT molecular complexity index is 1050. The minimum absolute atomic E-state index is 0.00642. The van der Waals surface area contributed by atoms with Gasteiger partial charge in [0, 0.05) is 6.42 Å². The quantitative estimate of drug-likeness (QED) is 0.728. The maximum Gasteiger partial charge on any atom is 0.325 e. The van der Waals surface area contributed by atoms with E-state index >= 15 is 0 Å². The van der Waals surface area contributed by atoms with Gasteiger partial charge in [0.1, 0.15) is 12.6 Å². The first kappa shape index (κ1) is 20.3. The summed E-state index contributed by atoms with van der Waals surface area (Å²) in [6.07, 6.45) is -0.197. The lowest BCUT2D eigenvalue weighted by Crippen LogP contribution is -2.56. The number of amides is 4. The Labute approximate surface area is 177 Å². The lowest BCUT2D eigenvalue weighted by molar-refractivity contribution is -0.169. The second kappa shape index (κ2) is 8.02. The summed E-state index contributed by atoms with van der Waals surface area (Å²) in [4.78, 5) is 64.3. The summed E-state index contributed by atoms with van der Waals surface area (Å²) in [5, 5.41) is 11.3. The van der Waals surface area contributed by atoms with Crippen LogP contribution >= 0.6 is 0 Å². The molecule has 0 bridgehead atoms. The molecule has 1 atom stereocenters. The highest BCUT2D eigenvalue weighted by Crippen LogP contribution is 2.29. The van der Waals surface area contributed by atoms with Gasteiger partial charge in [-0.15, -0.1) is 0 Å². The Balaban J connectivity index is 1.69. The maximum atomic E-state index is 13.4. The lowest BCUT2D eigenvalue weighted by Gasteiger charge is -2.34. The summed E-state index contributed by atoms with van der Waals surface area (Å²) in [6, 6.07) is 13.8. The normalized spacial score (nSPS) is 19.0. The minimum Gasteiger partial charge on any atom is -0.480 e. The number of aliphatic carboxylic acids is 1. The number of hydrogen-bond acceptors (Lipinski definition) is 5. The smallest absolute Gasteiger partial charge is 0.325 e. The average molecular weight is 421 g/mol. The van der Waals surface area contributed by atoms with Crippen molar-refractivity contribution in [3.05, 3.63) is 71.3 Å². The number of carbonyl (C=O) groups excluding carboxylic acids is 4. The lowest BCUT2D eigenvalue weighted by atomic mass is 10.1. The van der Waals surface area contributed by atoms with E-state index in [0.717, 1.165) is 14.9 Å². The van der Waals surface area contributed by atoms with Gasteiger partial charge in [-0.05, 0) is 24.1 Å². The fourth-order valence-electron chi connectivity index (χ4n) is 3.89. The van der Waals surface area contributed by atoms with Crippen molar-refractivity contribution in [3.8, 4) is 0 Å². The zero-order chi connectivity index (χ0) is 22.1. The van der Waals surface area contributed by atoms with Crippen LogP contribution in [-0.4, -0.2) is 62.2 Å². The Morgan fingerprint density at radius 1 is 0.871 bits per heavy atom. The average Bonchev–Trinajstić information content (AvgIpc) is 2.95. The molecule has 9 heteroatoms. The first-order valence-corrected chi connectivity index (χ1v) is 9.72. The van der Waals surface area contributed by atoms with Crippen LogP contribution < -0.4 is 0 Å². The van der Waals surface area contributed by atoms with Crippen molar-refractivity contribution >= 4 is 29.6 Å². The molecule has 2 aliphatic heterocycles. The molecule has 1 fully saturated rings. The van der Waals surface area contributed by atoms with E-state index in [0.29, 0.717) is 5.56 Å². The topological polar surface area (TPSA) is 115 Å². The van der Waals surface area contributed by atoms with Crippen LogP contribution in [0.25, 0.3) is 0 Å². The molecule has 0 aromatic heterocycles. The molecule has 2 aromatic rings. The molecule has 1 unspecified atom stereocenters. The molecular formula is C22H19N3O6. The zero-order valence-corrected chi connectivity index (χ0v) is 16.4. The predicted molar refractivity (Wildman–Crippen MR) is 106 cm³/mol. The van der Waals surface area contributed by atoms with Crippen molar-refractivity contribution in [2.75, 3.05) is 6.54 Å². The molecule has 9 nitrogen and oxygen atoms in total. The van der Waals surface area contributed by atoms with Crippen molar-refractivity contribution in [1.29, 1.82) is 0 Å². The largest absolute Gasteiger partial charge is 0.480 e. The van der Waals surface area contributed by atoms with Crippen LogP contribution in [0.1, 0.15) is 39.1 Å². The molecule has 0 saturated carbocycles. The Hall–Kier alpha value is -4.01. The highest BCUT2D eigenvalue weighted by atomic mass is 16.4. The van der Waals surface area contributed by atoms with Gasteiger partial charge in [-0.3, -0.25) is 28.9 Å². The third-order valence-corrected chi connectivity index (χ3v) is 5.35. The van der Waals surface area contributed by atoms with Gasteiger partial charge in [0.05, 0.1) is 17.7 Å². The van der Waals surface area contributed by atoms with Gasteiger partial charge >= 0.3 is 5.97 Å². The number of carboxylic acid groups (broad SMARTS) is 1. The molecule has 2 aromatic carbocycles. The van der Waals surface area contributed by atoms with Crippen LogP contribution in [0.15, 0.2) is 54.6 Å². The molecule has 2 heterocycles. The van der Waals surface area contributed by atoms with E-state index in [1.165, 1.54) is 12.1 Å². The van der Waals surface area contributed by atoms with E-state index < -0.39 is 42.2 Å². The molecule has 4 amide bonds. The molecule has 2 aliphatic rings. The second-order valence-electron chi connectivity index (χ2n) is 7.31. The van der Waals surface area contributed by atoms with Crippen LogP contribution in [0.2, 0.25) is 0 Å². The fourth-order valence-corrected chi connectivity index (χ4v) is 3.89. The molecule has 158 valence electrons. The second-order valence-corrected chi connectivity index (χ2v) is 7.31. The number of benzene rings is 2. The van der Waals surface area contributed by atoms with Gasteiger partial charge in [0.2, 0.25) is 5.91 Å². The number of rotatable bonds is 5. The standard InChI is InChI=1S/C22H19N3O6/c26-18-11-10-17(25-20(29)15-8-4-5-9-16(15)21(25)30)22(31)24(13-19(27)28)23(18)12-14-6-2-1-3-7-14/h1-9,17H,10-13H2,(H,27,28). The molecule has 1 saturated heterocycles. The number of fused-ring (bicyclic) bond motifs is 1. The molecule has 0 spiro atoms. The van der Waals surface area contributed by atoms with Gasteiger partial charge in [-0.1, -0.05) is 42.5 Å². The van der Waals surface area contributed by atoms with E-state index in [1.807, 2.05) is 0 Å². The zero-order valence-electron chi connectivity index (χ0n) is 16.4. The van der Waals surface area contributed by atoms with Gasteiger partial charge in [-0.25, -0.2) is 10.0 Å². The minimum atomic E-state index is -1.32. The van der Waals surface area contributed by atoms with Gasteiger partial charge in [-0.2, -0.15) is 0 Å². The first-order valence-electron chi connectivity index (χ1n) is 9.72. The van der Waals surface area contributed by atoms with Crippen molar-refractivity contribution in [3.63, 3.8) is 0 Å². The van der Waals surface area contributed by atoms with Gasteiger partial charge in [0.25, 0.3) is 17.7 Å². The number of imide groups is 1. The van der Waals surface area contributed by atoms with Crippen LogP contribution in [0.3, 0.4) is 0 Å². The predicted octanol–water partition coefficient (Wildman–Crippen LogP) is 1.30. The summed E-state index contributed by atoms with van der Waals surface area (Å²) in [5.41, 5.74) is 1.07. The highest BCUT2D eigenvalue weighted by Gasteiger charge is 2.47.